The maximum Gasteiger partial charge on any atom is 0.226 e. The summed E-state index contributed by atoms with van der Waals surface area (Å²) in [5.41, 5.74) is 6.52. The molecular formula is C10H15N3OS. The standard InChI is InChI=1S/C10H15N3OS/c1-10(2)4-7(10)13-8(14)3-6-5-15-9(11)12-6/h5,7H,3-4H2,1-2H3,(H2,11,12)(H,13,14). The number of hydrogen-bond donors (Lipinski definition) is 2. The Kier molecular flexibility index (Phi) is 2.42. The van der Waals surface area contributed by atoms with Crippen LogP contribution < -0.4 is 11.1 Å². The largest absolute Gasteiger partial charge is 0.375 e. The average molecular weight is 225 g/mol. The molecular weight excluding hydrogens is 210 g/mol. The van der Waals surface area contributed by atoms with E-state index in [9.17, 15) is 4.79 Å². The van der Waals surface area contributed by atoms with Crippen LogP contribution in [0.5, 0.6) is 0 Å². The van der Waals surface area contributed by atoms with Crippen molar-refractivity contribution in [3.8, 4) is 0 Å². The Bertz CT molecular complexity index is 386. The van der Waals surface area contributed by atoms with E-state index < -0.39 is 0 Å². The second-order valence-electron chi connectivity index (χ2n) is 4.67. The molecule has 1 amide bonds. The van der Waals surface area contributed by atoms with Gasteiger partial charge in [0.25, 0.3) is 0 Å². The molecule has 15 heavy (non-hydrogen) atoms. The molecule has 0 saturated heterocycles. The van der Waals surface area contributed by atoms with Crippen LogP contribution in [0.15, 0.2) is 5.38 Å². The molecule has 1 saturated carbocycles. The maximum absolute atomic E-state index is 11.6. The van der Waals surface area contributed by atoms with Gasteiger partial charge in [0.2, 0.25) is 5.91 Å². The van der Waals surface area contributed by atoms with Gasteiger partial charge in [-0.25, -0.2) is 4.98 Å². The van der Waals surface area contributed by atoms with Crippen molar-refractivity contribution in [2.45, 2.75) is 32.7 Å². The summed E-state index contributed by atoms with van der Waals surface area (Å²) in [7, 11) is 0. The number of anilines is 1. The summed E-state index contributed by atoms with van der Waals surface area (Å²) >= 11 is 1.37. The third-order valence-corrected chi connectivity index (χ3v) is 3.48. The van der Waals surface area contributed by atoms with E-state index in [0.29, 0.717) is 17.6 Å². The fourth-order valence-corrected chi connectivity index (χ4v) is 2.09. The zero-order valence-corrected chi connectivity index (χ0v) is 9.73. The van der Waals surface area contributed by atoms with E-state index in [2.05, 4.69) is 24.1 Å². The number of nitrogens with two attached hydrogens (primary N) is 1. The Morgan fingerprint density at radius 1 is 1.80 bits per heavy atom. The Hall–Kier alpha value is -1.10. The van der Waals surface area contributed by atoms with E-state index in [1.165, 1.54) is 11.3 Å². The predicted molar refractivity (Wildman–Crippen MR) is 60.6 cm³/mol. The molecule has 1 heterocycles. The zero-order chi connectivity index (χ0) is 11.1. The van der Waals surface area contributed by atoms with Crippen LogP contribution in [0.1, 0.15) is 26.0 Å². The highest BCUT2D eigenvalue weighted by molar-refractivity contribution is 7.13. The molecule has 0 aliphatic heterocycles. The topological polar surface area (TPSA) is 68.0 Å². The van der Waals surface area contributed by atoms with Crippen molar-refractivity contribution < 1.29 is 4.79 Å². The maximum atomic E-state index is 11.6. The molecule has 3 N–H and O–H groups in total. The zero-order valence-electron chi connectivity index (χ0n) is 8.91. The third-order valence-electron chi connectivity index (χ3n) is 2.76. The lowest BCUT2D eigenvalue weighted by atomic mass is 10.2. The van der Waals surface area contributed by atoms with Crippen molar-refractivity contribution in [3.63, 3.8) is 0 Å². The molecule has 1 fully saturated rings. The van der Waals surface area contributed by atoms with Gasteiger partial charge in [0.05, 0.1) is 12.1 Å². The van der Waals surface area contributed by atoms with Crippen molar-refractivity contribution >= 4 is 22.4 Å². The van der Waals surface area contributed by atoms with Crippen LogP contribution in [0.25, 0.3) is 0 Å². The van der Waals surface area contributed by atoms with Crippen LogP contribution in [-0.2, 0) is 11.2 Å². The first-order valence-corrected chi connectivity index (χ1v) is 5.84. The number of nitrogens with zero attached hydrogens (tertiary/aromatic N) is 1. The van der Waals surface area contributed by atoms with Crippen LogP contribution in [0.3, 0.4) is 0 Å². The first-order valence-electron chi connectivity index (χ1n) is 4.96. The van der Waals surface area contributed by atoms with Crippen molar-refractivity contribution in [3.05, 3.63) is 11.1 Å². The monoisotopic (exact) mass is 225 g/mol. The fraction of sp³-hybridized carbons (Fsp3) is 0.600. The quantitative estimate of drug-likeness (QED) is 0.811. The van der Waals surface area contributed by atoms with E-state index in [0.717, 1.165) is 12.1 Å². The average Bonchev–Trinajstić information content (AvgIpc) is 2.54. The summed E-state index contributed by atoms with van der Waals surface area (Å²) in [6, 6.07) is 0.334. The fourth-order valence-electron chi connectivity index (χ4n) is 1.53. The van der Waals surface area contributed by atoms with Gasteiger partial charge in [-0.15, -0.1) is 11.3 Å². The molecule has 0 bridgehead atoms. The van der Waals surface area contributed by atoms with E-state index in [-0.39, 0.29) is 11.3 Å². The molecule has 1 atom stereocenters. The number of hydrogen-bond acceptors (Lipinski definition) is 4. The summed E-state index contributed by atoms with van der Waals surface area (Å²) in [6.45, 7) is 4.30. The van der Waals surface area contributed by atoms with Gasteiger partial charge in [-0.05, 0) is 11.8 Å². The first-order chi connectivity index (χ1) is 6.97. The molecule has 0 spiro atoms. The highest BCUT2D eigenvalue weighted by Gasteiger charge is 2.46. The van der Waals surface area contributed by atoms with E-state index in [4.69, 9.17) is 5.73 Å². The van der Waals surface area contributed by atoms with Gasteiger partial charge in [-0.3, -0.25) is 4.79 Å². The van der Waals surface area contributed by atoms with E-state index >= 15 is 0 Å². The molecule has 1 aromatic heterocycles. The smallest absolute Gasteiger partial charge is 0.226 e. The lowest BCUT2D eigenvalue weighted by molar-refractivity contribution is -0.120. The van der Waals surface area contributed by atoms with Crippen LogP contribution in [0.4, 0.5) is 5.13 Å². The number of amides is 1. The van der Waals surface area contributed by atoms with E-state index in [1.54, 1.807) is 0 Å². The lowest BCUT2D eigenvalue weighted by Gasteiger charge is -2.05. The van der Waals surface area contributed by atoms with Gasteiger partial charge in [0, 0.05) is 11.4 Å². The second kappa shape index (κ2) is 3.48. The predicted octanol–water partition coefficient (Wildman–Crippen LogP) is 1.18. The van der Waals surface area contributed by atoms with Gasteiger partial charge >= 0.3 is 0 Å². The number of aromatic nitrogens is 1. The number of nitrogens with one attached hydrogen (secondary N) is 1. The van der Waals surface area contributed by atoms with Gasteiger partial charge in [-0.2, -0.15) is 0 Å². The van der Waals surface area contributed by atoms with Crippen molar-refractivity contribution in [2.75, 3.05) is 5.73 Å². The minimum absolute atomic E-state index is 0.0378. The Morgan fingerprint density at radius 2 is 2.47 bits per heavy atom. The van der Waals surface area contributed by atoms with Crippen molar-refractivity contribution in [1.29, 1.82) is 0 Å². The first kappa shape index (κ1) is 10.4. The Morgan fingerprint density at radius 3 is 2.93 bits per heavy atom. The van der Waals surface area contributed by atoms with Crippen molar-refractivity contribution in [2.24, 2.45) is 5.41 Å². The highest BCUT2D eigenvalue weighted by atomic mass is 32.1. The third kappa shape index (κ3) is 2.47. The number of rotatable bonds is 3. The second-order valence-corrected chi connectivity index (χ2v) is 5.56. The minimum atomic E-state index is 0.0378. The number of carbonyl (C=O) groups is 1. The SMILES string of the molecule is CC1(C)CC1NC(=O)Cc1csc(N)n1. The molecule has 4 nitrogen and oxygen atoms in total. The molecule has 2 rings (SSSR count). The molecule has 1 unspecified atom stereocenters. The summed E-state index contributed by atoms with van der Waals surface area (Å²) in [5.74, 6) is 0.0378. The number of nitrogen functional groups attached to an aromatic ring is 1. The summed E-state index contributed by atoms with van der Waals surface area (Å²) in [4.78, 5) is 15.6. The number of carbonyl (C=O) groups excluding carboxylic acids is 1. The molecule has 1 aromatic rings. The molecule has 1 aliphatic rings. The van der Waals surface area contributed by atoms with Crippen LogP contribution in [-0.4, -0.2) is 16.9 Å². The van der Waals surface area contributed by atoms with Gasteiger partial charge in [-0.1, -0.05) is 13.8 Å². The Labute approximate surface area is 92.9 Å². The Balaban J connectivity index is 1.83. The highest BCUT2D eigenvalue weighted by Crippen LogP contribution is 2.44. The molecule has 82 valence electrons. The van der Waals surface area contributed by atoms with Crippen LogP contribution >= 0.6 is 11.3 Å². The van der Waals surface area contributed by atoms with Gasteiger partial charge in [0.1, 0.15) is 0 Å². The lowest BCUT2D eigenvalue weighted by Crippen LogP contribution is -2.29. The van der Waals surface area contributed by atoms with Crippen LogP contribution in [0.2, 0.25) is 0 Å². The van der Waals surface area contributed by atoms with E-state index in [1.807, 2.05) is 5.38 Å². The molecule has 5 heteroatoms. The molecule has 1 aliphatic carbocycles. The summed E-state index contributed by atoms with van der Waals surface area (Å²) in [5, 5.41) is 5.33. The number of thiazole rings is 1. The van der Waals surface area contributed by atoms with Gasteiger partial charge < -0.3 is 11.1 Å². The van der Waals surface area contributed by atoms with Crippen molar-refractivity contribution in [1.82, 2.24) is 10.3 Å². The summed E-state index contributed by atoms with van der Waals surface area (Å²) < 4.78 is 0. The summed E-state index contributed by atoms with van der Waals surface area (Å²) in [6.07, 6.45) is 1.40. The normalized spacial score (nSPS) is 22.4. The molecule has 0 radical (unpaired) electrons. The molecule has 0 aromatic carbocycles. The van der Waals surface area contributed by atoms with Crippen LogP contribution in [0, 0.1) is 5.41 Å². The minimum Gasteiger partial charge on any atom is -0.375 e. The van der Waals surface area contributed by atoms with Gasteiger partial charge in [0.15, 0.2) is 5.13 Å².